The van der Waals surface area contributed by atoms with E-state index in [1.165, 1.54) is 0 Å². The van der Waals surface area contributed by atoms with Crippen LogP contribution in [0.2, 0.25) is 0 Å². The van der Waals surface area contributed by atoms with Crippen LogP contribution in [-0.2, 0) is 6.18 Å². The van der Waals surface area contributed by atoms with Crippen molar-refractivity contribution in [3.63, 3.8) is 0 Å². The van der Waals surface area contributed by atoms with E-state index < -0.39 is 11.7 Å². The van der Waals surface area contributed by atoms with E-state index >= 15 is 0 Å². The lowest BCUT2D eigenvalue weighted by Gasteiger charge is -2.12. The summed E-state index contributed by atoms with van der Waals surface area (Å²) >= 11 is 0.402. The largest absolute Gasteiger partial charge is 0.417 e. The standard InChI is InChI=1S/C8H6F3N3S/c9-8(10,11)4-1-5(13)6(14)2-7(4)15-3-12/h1-2H,13-14H2. The molecule has 3 nitrogen and oxygen atoms in total. The summed E-state index contributed by atoms with van der Waals surface area (Å²) in [5, 5.41) is 9.91. The Balaban J connectivity index is 3.36. The predicted molar refractivity (Wildman–Crippen MR) is 51.7 cm³/mol. The van der Waals surface area contributed by atoms with Gasteiger partial charge in [0.15, 0.2) is 0 Å². The molecule has 0 aliphatic heterocycles. The van der Waals surface area contributed by atoms with Gasteiger partial charge in [0.05, 0.1) is 16.9 Å². The zero-order chi connectivity index (χ0) is 11.6. The molecule has 1 aromatic rings. The molecule has 0 aliphatic rings. The maximum atomic E-state index is 12.5. The monoisotopic (exact) mass is 233 g/mol. The fraction of sp³-hybridized carbons (Fsp3) is 0.125. The van der Waals surface area contributed by atoms with Crippen LogP contribution in [-0.4, -0.2) is 0 Å². The van der Waals surface area contributed by atoms with Gasteiger partial charge < -0.3 is 11.5 Å². The molecule has 0 amide bonds. The van der Waals surface area contributed by atoms with Gasteiger partial charge in [-0.3, -0.25) is 0 Å². The summed E-state index contributed by atoms with van der Waals surface area (Å²) in [6.07, 6.45) is -4.54. The molecule has 0 radical (unpaired) electrons. The highest BCUT2D eigenvalue weighted by Crippen LogP contribution is 2.39. The Labute approximate surface area is 87.9 Å². The molecule has 0 saturated carbocycles. The number of thiocyanates is 1. The summed E-state index contributed by atoms with van der Waals surface area (Å²) in [5.41, 5.74) is 9.55. The molecule has 0 saturated heterocycles. The fourth-order valence-electron chi connectivity index (χ4n) is 0.967. The van der Waals surface area contributed by atoms with Crippen molar-refractivity contribution in [1.82, 2.24) is 0 Å². The number of nitrogen functional groups attached to an aromatic ring is 2. The fourth-order valence-corrected chi connectivity index (χ4v) is 1.54. The molecule has 0 fully saturated rings. The number of rotatable bonds is 1. The average Bonchev–Trinajstić information content (AvgIpc) is 2.09. The van der Waals surface area contributed by atoms with Gasteiger partial charge in [-0.25, -0.2) is 0 Å². The highest BCUT2D eigenvalue weighted by Gasteiger charge is 2.34. The van der Waals surface area contributed by atoms with Crippen LogP contribution in [0.5, 0.6) is 0 Å². The molecule has 1 aromatic carbocycles. The van der Waals surface area contributed by atoms with Gasteiger partial charge in [0.25, 0.3) is 0 Å². The van der Waals surface area contributed by atoms with Crippen LogP contribution in [0, 0.1) is 10.7 Å². The minimum absolute atomic E-state index is 0.0285. The van der Waals surface area contributed by atoms with E-state index in [4.69, 9.17) is 16.7 Å². The van der Waals surface area contributed by atoms with Crippen molar-refractivity contribution >= 4 is 23.1 Å². The van der Waals surface area contributed by atoms with Crippen molar-refractivity contribution in [1.29, 1.82) is 5.26 Å². The highest BCUT2D eigenvalue weighted by molar-refractivity contribution is 8.03. The van der Waals surface area contributed by atoms with Gasteiger partial charge in [-0.2, -0.15) is 18.4 Å². The van der Waals surface area contributed by atoms with E-state index in [-0.39, 0.29) is 16.3 Å². The highest BCUT2D eigenvalue weighted by atomic mass is 32.2. The second-order valence-electron chi connectivity index (χ2n) is 2.67. The summed E-state index contributed by atoms with van der Waals surface area (Å²) in [6.45, 7) is 0. The molecule has 0 spiro atoms. The molecule has 0 heterocycles. The van der Waals surface area contributed by atoms with Crippen LogP contribution in [0.3, 0.4) is 0 Å². The third-order valence-corrected chi connectivity index (χ3v) is 2.30. The lowest BCUT2D eigenvalue weighted by molar-refractivity contribution is -0.139. The zero-order valence-corrected chi connectivity index (χ0v) is 8.12. The molecule has 1 rings (SSSR count). The van der Waals surface area contributed by atoms with Crippen molar-refractivity contribution in [3.8, 4) is 5.40 Å². The summed E-state index contributed by atoms with van der Waals surface area (Å²) < 4.78 is 37.4. The van der Waals surface area contributed by atoms with E-state index in [1.807, 2.05) is 0 Å². The smallest absolute Gasteiger partial charge is 0.397 e. The van der Waals surface area contributed by atoms with Gasteiger partial charge in [0, 0.05) is 4.90 Å². The molecule has 0 bridgehead atoms. The van der Waals surface area contributed by atoms with E-state index in [2.05, 4.69) is 0 Å². The molecule has 7 heteroatoms. The van der Waals surface area contributed by atoms with Crippen molar-refractivity contribution in [2.75, 3.05) is 11.5 Å². The third-order valence-electron chi connectivity index (χ3n) is 1.65. The minimum Gasteiger partial charge on any atom is -0.397 e. The van der Waals surface area contributed by atoms with Crippen LogP contribution in [0.15, 0.2) is 17.0 Å². The first-order valence-corrected chi connectivity index (χ1v) is 4.50. The van der Waals surface area contributed by atoms with Crippen molar-refractivity contribution in [2.24, 2.45) is 0 Å². The number of thioether (sulfide) groups is 1. The summed E-state index contributed by atoms with van der Waals surface area (Å²) in [7, 11) is 0. The maximum Gasteiger partial charge on any atom is 0.417 e. The number of alkyl halides is 3. The maximum absolute atomic E-state index is 12.5. The number of anilines is 2. The number of hydrogen-bond acceptors (Lipinski definition) is 4. The van der Waals surface area contributed by atoms with Crippen LogP contribution >= 0.6 is 11.8 Å². The first-order valence-electron chi connectivity index (χ1n) is 3.68. The summed E-state index contributed by atoms with van der Waals surface area (Å²) in [6, 6.07) is 1.78. The van der Waals surface area contributed by atoms with Gasteiger partial charge in [0.1, 0.15) is 5.40 Å². The zero-order valence-electron chi connectivity index (χ0n) is 7.30. The van der Waals surface area contributed by atoms with Crippen molar-refractivity contribution in [3.05, 3.63) is 17.7 Å². The Hall–Kier alpha value is -1.55. The minimum atomic E-state index is -4.54. The van der Waals surface area contributed by atoms with E-state index in [0.717, 1.165) is 12.1 Å². The van der Waals surface area contributed by atoms with Gasteiger partial charge in [-0.1, -0.05) is 0 Å². The Morgan fingerprint density at radius 2 is 1.73 bits per heavy atom. The van der Waals surface area contributed by atoms with E-state index in [0.29, 0.717) is 11.8 Å². The summed E-state index contributed by atoms with van der Waals surface area (Å²) in [4.78, 5) is -0.239. The molecule has 15 heavy (non-hydrogen) atoms. The summed E-state index contributed by atoms with van der Waals surface area (Å²) in [5.74, 6) is 0. The molecular formula is C8H6F3N3S. The lowest BCUT2D eigenvalue weighted by atomic mass is 10.1. The molecule has 0 unspecified atom stereocenters. The SMILES string of the molecule is N#CSc1cc(N)c(N)cc1C(F)(F)F. The topological polar surface area (TPSA) is 75.8 Å². The first-order chi connectivity index (χ1) is 6.86. The average molecular weight is 233 g/mol. The Morgan fingerprint density at radius 3 is 2.20 bits per heavy atom. The number of nitrogens with two attached hydrogens (primary N) is 2. The Bertz CT molecular complexity index is 422. The number of nitrogens with zero attached hydrogens (tertiary/aromatic N) is 1. The van der Waals surface area contributed by atoms with Crippen molar-refractivity contribution < 1.29 is 13.2 Å². The molecule has 0 aromatic heterocycles. The number of benzene rings is 1. The number of nitriles is 1. The Morgan fingerprint density at radius 1 is 1.20 bits per heavy atom. The van der Waals surface area contributed by atoms with Gasteiger partial charge in [0.2, 0.25) is 0 Å². The second-order valence-corrected chi connectivity index (χ2v) is 3.49. The first kappa shape index (κ1) is 11.5. The Kier molecular flexibility index (Phi) is 3.00. The molecule has 0 aliphatic carbocycles. The van der Waals surface area contributed by atoms with Gasteiger partial charge in [-0.15, -0.1) is 0 Å². The predicted octanol–water partition coefficient (Wildman–Crippen LogP) is 2.44. The molecule has 4 N–H and O–H groups in total. The van der Waals surface area contributed by atoms with Crippen LogP contribution in [0.1, 0.15) is 5.56 Å². The third kappa shape index (κ3) is 2.47. The van der Waals surface area contributed by atoms with Crippen LogP contribution in [0.4, 0.5) is 24.5 Å². The van der Waals surface area contributed by atoms with E-state index in [9.17, 15) is 13.2 Å². The second kappa shape index (κ2) is 3.90. The normalized spacial score (nSPS) is 11.1. The molecular weight excluding hydrogens is 227 g/mol. The lowest BCUT2D eigenvalue weighted by Crippen LogP contribution is -2.09. The van der Waals surface area contributed by atoms with Crippen molar-refractivity contribution in [2.45, 2.75) is 11.1 Å². The number of halogens is 3. The molecule has 80 valence electrons. The van der Waals surface area contributed by atoms with E-state index in [1.54, 1.807) is 5.40 Å². The number of hydrogen-bond donors (Lipinski definition) is 2. The van der Waals surface area contributed by atoms with Gasteiger partial charge in [-0.05, 0) is 23.9 Å². The van der Waals surface area contributed by atoms with Crippen LogP contribution < -0.4 is 11.5 Å². The van der Waals surface area contributed by atoms with Crippen LogP contribution in [0.25, 0.3) is 0 Å². The molecule has 0 atom stereocenters. The quantitative estimate of drug-likeness (QED) is 0.443. The van der Waals surface area contributed by atoms with Gasteiger partial charge >= 0.3 is 6.18 Å².